The van der Waals surface area contributed by atoms with E-state index in [9.17, 15) is 4.79 Å². The van der Waals surface area contributed by atoms with Gasteiger partial charge in [-0.1, -0.05) is 18.8 Å². The number of hydrogen-bond donors (Lipinski definition) is 1. The molecular formula is C19H21N3O2. The normalized spacial score (nSPS) is 14.3. The molecule has 5 nitrogen and oxygen atoms in total. The fourth-order valence-electron chi connectivity index (χ4n) is 3.06. The smallest absolute Gasteiger partial charge is 0.323 e. The quantitative estimate of drug-likeness (QED) is 0.867. The summed E-state index contributed by atoms with van der Waals surface area (Å²) in [5.41, 5.74) is 0.687. The molecule has 1 aliphatic carbocycles. The molecule has 0 bridgehead atoms. The second-order valence-corrected chi connectivity index (χ2v) is 6.09. The van der Waals surface area contributed by atoms with E-state index < -0.39 is 0 Å². The first-order valence-corrected chi connectivity index (χ1v) is 8.21. The number of terminal acetylenes is 1. The third-order valence-corrected chi connectivity index (χ3v) is 4.31. The van der Waals surface area contributed by atoms with E-state index in [4.69, 9.17) is 10.8 Å². The second kappa shape index (κ2) is 7.22. The summed E-state index contributed by atoms with van der Waals surface area (Å²) in [6.07, 6.45) is 11.3. The molecule has 0 aromatic carbocycles. The predicted molar refractivity (Wildman–Crippen MR) is 92.4 cm³/mol. The Morgan fingerprint density at radius 1 is 1.38 bits per heavy atom. The van der Waals surface area contributed by atoms with Crippen LogP contribution in [0.2, 0.25) is 0 Å². The van der Waals surface area contributed by atoms with Gasteiger partial charge in [-0.25, -0.2) is 9.78 Å². The molecule has 124 valence electrons. The van der Waals surface area contributed by atoms with Crippen LogP contribution in [0.3, 0.4) is 0 Å². The maximum absolute atomic E-state index is 12.8. The minimum Gasteiger partial charge on any atom is -0.464 e. The van der Waals surface area contributed by atoms with Crippen LogP contribution < -0.4 is 5.32 Å². The van der Waals surface area contributed by atoms with Crippen molar-refractivity contribution >= 4 is 11.8 Å². The van der Waals surface area contributed by atoms with Crippen LogP contribution in [0.25, 0.3) is 0 Å². The number of carbonyl (C=O) groups excluding carboxylic acids is 1. The molecule has 1 fully saturated rings. The summed E-state index contributed by atoms with van der Waals surface area (Å²) in [6, 6.07) is 7.40. The van der Waals surface area contributed by atoms with Crippen LogP contribution in [-0.2, 0) is 6.54 Å². The van der Waals surface area contributed by atoms with E-state index in [0.717, 1.165) is 37.2 Å². The van der Waals surface area contributed by atoms with Crippen molar-refractivity contribution in [2.75, 3.05) is 5.32 Å². The summed E-state index contributed by atoms with van der Waals surface area (Å²) < 4.78 is 5.64. The maximum atomic E-state index is 12.8. The number of hydrogen-bond acceptors (Lipinski definition) is 3. The second-order valence-electron chi connectivity index (χ2n) is 6.09. The zero-order valence-electron chi connectivity index (χ0n) is 13.8. The molecule has 2 heterocycles. The lowest BCUT2D eigenvalue weighted by Gasteiger charge is -2.28. The van der Waals surface area contributed by atoms with Crippen molar-refractivity contribution in [3.05, 3.63) is 47.5 Å². The Balaban J connectivity index is 1.73. The van der Waals surface area contributed by atoms with Gasteiger partial charge in [-0.05, 0) is 44.0 Å². The average Bonchev–Trinajstić information content (AvgIpc) is 3.25. The molecule has 0 atom stereocenters. The predicted octanol–water partition coefficient (Wildman–Crippen LogP) is 3.94. The number of aromatic nitrogens is 1. The van der Waals surface area contributed by atoms with Gasteiger partial charge in [0.2, 0.25) is 0 Å². The van der Waals surface area contributed by atoms with E-state index in [1.54, 1.807) is 18.3 Å². The molecule has 0 aliphatic heterocycles. The third-order valence-electron chi connectivity index (χ3n) is 4.31. The minimum absolute atomic E-state index is 0.156. The molecular weight excluding hydrogens is 302 g/mol. The summed E-state index contributed by atoms with van der Waals surface area (Å²) >= 11 is 0. The Hall–Kier alpha value is -2.74. The van der Waals surface area contributed by atoms with Gasteiger partial charge in [0.25, 0.3) is 0 Å². The van der Waals surface area contributed by atoms with Crippen molar-refractivity contribution in [1.29, 1.82) is 0 Å². The number of carbonyl (C=O) groups is 1. The number of pyridine rings is 1. The molecule has 3 rings (SSSR count). The molecule has 0 radical (unpaired) electrons. The first-order chi connectivity index (χ1) is 11.7. The van der Waals surface area contributed by atoms with E-state index in [-0.39, 0.29) is 12.1 Å². The van der Waals surface area contributed by atoms with Crippen molar-refractivity contribution < 1.29 is 9.21 Å². The lowest BCUT2D eigenvalue weighted by atomic mass is 10.2. The number of furan rings is 1. The van der Waals surface area contributed by atoms with Crippen LogP contribution in [0.15, 0.2) is 34.9 Å². The van der Waals surface area contributed by atoms with Gasteiger partial charge in [0, 0.05) is 17.8 Å². The van der Waals surface area contributed by atoms with Crippen LogP contribution in [0.4, 0.5) is 10.6 Å². The number of nitrogens with zero attached hydrogens (tertiary/aromatic N) is 2. The topological polar surface area (TPSA) is 58.4 Å². The molecule has 24 heavy (non-hydrogen) atoms. The van der Waals surface area contributed by atoms with Crippen molar-refractivity contribution in [2.45, 2.75) is 45.2 Å². The number of aryl methyl sites for hydroxylation is 1. The lowest BCUT2D eigenvalue weighted by Crippen LogP contribution is -2.41. The zero-order chi connectivity index (χ0) is 16.9. The van der Waals surface area contributed by atoms with Gasteiger partial charge in [-0.2, -0.15) is 0 Å². The number of anilines is 1. The van der Waals surface area contributed by atoms with E-state index in [0.29, 0.717) is 17.9 Å². The van der Waals surface area contributed by atoms with Gasteiger partial charge in [0.05, 0.1) is 6.54 Å². The summed E-state index contributed by atoms with van der Waals surface area (Å²) in [5, 5.41) is 2.86. The summed E-state index contributed by atoms with van der Waals surface area (Å²) in [7, 11) is 0. The molecule has 2 aromatic heterocycles. The van der Waals surface area contributed by atoms with E-state index >= 15 is 0 Å². The first kappa shape index (κ1) is 16.1. The lowest BCUT2D eigenvalue weighted by molar-refractivity contribution is 0.177. The monoisotopic (exact) mass is 323 g/mol. The largest absolute Gasteiger partial charge is 0.464 e. The molecule has 1 N–H and O–H groups in total. The average molecular weight is 323 g/mol. The number of amides is 2. The van der Waals surface area contributed by atoms with Gasteiger partial charge >= 0.3 is 6.03 Å². The fourth-order valence-corrected chi connectivity index (χ4v) is 3.06. The van der Waals surface area contributed by atoms with E-state index in [1.165, 1.54) is 0 Å². The third kappa shape index (κ3) is 3.77. The van der Waals surface area contributed by atoms with Gasteiger partial charge < -0.3 is 9.32 Å². The minimum atomic E-state index is -0.156. The molecule has 1 saturated carbocycles. The summed E-state index contributed by atoms with van der Waals surface area (Å²) in [4.78, 5) is 18.8. The highest BCUT2D eigenvalue weighted by Gasteiger charge is 2.27. The highest BCUT2D eigenvalue weighted by molar-refractivity contribution is 5.88. The van der Waals surface area contributed by atoms with Crippen molar-refractivity contribution in [1.82, 2.24) is 9.88 Å². The first-order valence-electron chi connectivity index (χ1n) is 8.21. The van der Waals surface area contributed by atoms with Crippen LogP contribution in [0, 0.1) is 19.3 Å². The molecule has 1 aliphatic rings. The van der Waals surface area contributed by atoms with Crippen LogP contribution in [0.5, 0.6) is 0 Å². The molecule has 2 aromatic rings. The Morgan fingerprint density at radius 3 is 2.75 bits per heavy atom. The van der Waals surface area contributed by atoms with Gasteiger partial charge in [-0.3, -0.25) is 5.32 Å². The van der Waals surface area contributed by atoms with Gasteiger partial charge in [0.1, 0.15) is 17.3 Å². The molecule has 2 amide bonds. The van der Waals surface area contributed by atoms with Crippen LogP contribution in [-0.4, -0.2) is 22.0 Å². The molecule has 0 unspecified atom stereocenters. The Kier molecular flexibility index (Phi) is 4.85. The fraction of sp³-hybridized carbons (Fsp3) is 0.368. The highest BCUT2D eigenvalue weighted by atomic mass is 16.3. The molecule has 5 heteroatoms. The molecule has 0 spiro atoms. The van der Waals surface area contributed by atoms with Crippen LogP contribution in [0.1, 0.15) is 42.8 Å². The zero-order valence-corrected chi connectivity index (χ0v) is 13.8. The SMILES string of the molecule is C#Cc1ccc(NC(=O)N(Cc2ccc(C)o2)C2CCCC2)nc1. The van der Waals surface area contributed by atoms with Gasteiger partial charge in [-0.15, -0.1) is 6.42 Å². The van der Waals surface area contributed by atoms with Crippen LogP contribution >= 0.6 is 0 Å². The number of rotatable bonds is 4. The van der Waals surface area contributed by atoms with Gasteiger partial charge in [0.15, 0.2) is 0 Å². The number of nitrogens with one attached hydrogen (secondary N) is 1. The van der Waals surface area contributed by atoms with Crippen molar-refractivity contribution in [2.24, 2.45) is 0 Å². The van der Waals surface area contributed by atoms with Crippen molar-refractivity contribution in [3.8, 4) is 12.3 Å². The highest BCUT2D eigenvalue weighted by Crippen LogP contribution is 2.26. The van der Waals surface area contributed by atoms with Crippen molar-refractivity contribution in [3.63, 3.8) is 0 Å². The summed E-state index contributed by atoms with van der Waals surface area (Å²) in [5.74, 6) is 4.66. The Morgan fingerprint density at radius 2 is 2.17 bits per heavy atom. The Labute approximate surface area is 142 Å². The summed E-state index contributed by atoms with van der Waals surface area (Å²) in [6.45, 7) is 2.37. The van der Waals surface area contributed by atoms with E-state index in [2.05, 4.69) is 16.2 Å². The standard InChI is InChI=1S/C19H21N3O2/c1-3-15-9-11-18(20-12-15)21-19(23)22(16-6-4-5-7-16)13-17-10-8-14(2)24-17/h1,8-12,16H,4-7,13H2,2H3,(H,20,21,23). The maximum Gasteiger partial charge on any atom is 0.323 e. The van der Waals surface area contributed by atoms with E-state index in [1.807, 2.05) is 24.0 Å². The number of urea groups is 1. The Bertz CT molecular complexity index is 737. The molecule has 0 saturated heterocycles.